The Balaban J connectivity index is 2.30. The maximum Gasteiger partial charge on any atom is 0.243 e. The van der Waals surface area contributed by atoms with E-state index in [-0.39, 0.29) is 11.8 Å². The molecule has 0 bridgehead atoms. The van der Waals surface area contributed by atoms with Crippen LogP contribution in [0, 0.1) is 13.8 Å². The lowest BCUT2D eigenvalue weighted by Crippen LogP contribution is -2.44. The molecule has 0 radical (unpaired) electrons. The van der Waals surface area contributed by atoms with Gasteiger partial charge in [0.25, 0.3) is 0 Å². The van der Waals surface area contributed by atoms with Crippen molar-refractivity contribution in [3.05, 3.63) is 23.3 Å². The molecule has 1 aromatic rings. The Hall–Kier alpha value is -1.12. The Bertz CT molecular complexity index is 823. The molecule has 0 aliphatic carbocycles. The average Bonchev–Trinajstić information content (AvgIpc) is 2.53. The number of hydrogen-bond acceptors (Lipinski definition) is 5. The highest BCUT2D eigenvalue weighted by molar-refractivity contribution is 7.90. The Morgan fingerprint density at radius 3 is 2.27 bits per heavy atom. The first kappa shape index (κ1) is 21.2. The van der Waals surface area contributed by atoms with Crippen LogP contribution in [0.25, 0.3) is 0 Å². The van der Waals surface area contributed by atoms with E-state index in [0.717, 1.165) is 19.3 Å². The molecule has 26 heavy (non-hydrogen) atoms. The van der Waals surface area contributed by atoms with Gasteiger partial charge in [-0.3, -0.25) is 0 Å². The van der Waals surface area contributed by atoms with Gasteiger partial charge in [0.1, 0.15) is 15.6 Å². The van der Waals surface area contributed by atoms with E-state index >= 15 is 0 Å². The molecule has 148 valence electrons. The van der Waals surface area contributed by atoms with Crippen LogP contribution in [0.3, 0.4) is 0 Å². The summed E-state index contributed by atoms with van der Waals surface area (Å²) in [6, 6.07) is 3.33. The van der Waals surface area contributed by atoms with Gasteiger partial charge in [-0.15, -0.1) is 0 Å². The molecule has 1 saturated heterocycles. The number of sulfonamides is 1. The van der Waals surface area contributed by atoms with Gasteiger partial charge >= 0.3 is 0 Å². The molecular weight excluding hydrogens is 374 g/mol. The first-order valence-electron chi connectivity index (χ1n) is 8.91. The van der Waals surface area contributed by atoms with Gasteiger partial charge in [-0.25, -0.2) is 16.8 Å². The summed E-state index contributed by atoms with van der Waals surface area (Å²) in [5.74, 6) is 0.736. The normalized spacial score (nSPS) is 19.5. The Labute approximate surface area is 157 Å². The minimum Gasteiger partial charge on any atom is -0.497 e. The third-order valence-electron chi connectivity index (χ3n) is 4.86. The van der Waals surface area contributed by atoms with Crippen molar-refractivity contribution in [3.63, 3.8) is 0 Å². The van der Waals surface area contributed by atoms with Gasteiger partial charge in [0.15, 0.2) is 0 Å². The van der Waals surface area contributed by atoms with E-state index in [9.17, 15) is 16.8 Å². The number of nitrogens with zero attached hydrogens (tertiary/aromatic N) is 1. The fourth-order valence-electron chi connectivity index (χ4n) is 3.71. The summed E-state index contributed by atoms with van der Waals surface area (Å²) in [6.07, 6.45) is 4.84. The molecule has 0 spiro atoms. The monoisotopic (exact) mass is 403 g/mol. The minimum atomic E-state index is -3.64. The highest BCUT2D eigenvalue weighted by atomic mass is 32.2. The van der Waals surface area contributed by atoms with Crippen molar-refractivity contribution < 1.29 is 21.6 Å². The van der Waals surface area contributed by atoms with Crippen LogP contribution in [0.15, 0.2) is 17.0 Å². The molecule has 1 atom stereocenters. The van der Waals surface area contributed by atoms with Crippen molar-refractivity contribution in [1.82, 2.24) is 4.31 Å². The number of methoxy groups -OCH3 is 1. The van der Waals surface area contributed by atoms with Crippen LogP contribution < -0.4 is 4.74 Å². The van der Waals surface area contributed by atoms with E-state index in [1.807, 2.05) is 0 Å². The standard InChI is InChI=1S/C18H29NO5S2/c1-14-12-17(24-3)13-15(2)18(14)26(22,23)19-10-6-5-8-16(19)9-7-11-25(4,20)21/h12-13,16H,5-11H2,1-4H3. The molecule has 0 aromatic heterocycles. The highest BCUT2D eigenvalue weighted by Gasteiger charge is 2.35. The summed E-state index contributed by atoms with van der Waals surface area (Å²) in [5, 5.41) is 0. The Morgan fingerprint density at radius 1 is 1.12 bits per heavy atom. The lowest BCUT2D eigenvalue weighted by Gasteiger charge is -2.35. The summed E-state index contributed by atoms with van der Waals surface area (Å²) in [7, 11) is -5.11. The van der Waals surface area contributed by atoms with Crippen molar-refractivity contribution in [3.8, 4) is 5.75 Å². The second-order valence-corrected chi connectivity index (χ2v) is 11.2. The molecule has 1 aliphatic heterocycles. The molecule has 1 heterocycles. The minimum absolute atomic E-state index is 0.0952. The van der Waals surface area contributed by atoms with Crippen LogP contribution in [0.4, 0.5) is 0 Å². The van der Waals surface area contributed by atoms with Crippen LogP contribution in [-0.2, 0) is 19.9 Å². The fourth-order valence-corrected chi connectivity index (χ4v) is 6.54. The molecule has 8 heteroatoms. The molecule has 0 saturated carbocycles. The second-order valence-electron chi connectivity index (χ2n) is 7.13. The lowest BCUT2D eigenvalue weighted by atomic mass is 10.0. The molecule has 1 aromatic carbocycles. The van der Waals surface area contributed by atoms with E-state index in [1.54, 1.807) is 37.4 Å². The molecule has 2 rings (SSSR count). The summed E-state index contributed by atoms with van der Waals surface area (Å²) in [6.45, 7) is 4.05. The maximum absolute atomic E-state index is 13.4. The van der Waals surface area contributed by atoms with Gasteiger partial charge in [-0.2, -0.15) is 4.31 Å². The first-order chi connectivity index (χ1) is 12.1. The van der Waals surface area contributed by atoms with Gasteiger partial charge in [0.2, 0.25) is 10.0 Å². The van der Waals surface area contributed by atoms with Crippen LogP contribution in [0.2, 0.25) is 0 Å². The summed E-state index contributed by atoms with van der Waals surface area (Å²) in [4.78, 5) is 0.341. The molecule has 1 fully saturated rings. The number of ether oxygens (including phenoxy) is 1. The summed E-state index contributed by atoms with van der Waals surface area (Å²) in [5.41, 5.74) is 1.34. The van der Waals surface area contributed by atoms with Gasteiger partial charge in [-0.05, 0) is 62.8 Å². The smallest absolute Gasteiger partial charge is 0.243 e. The lowest BCUT2D eigenvalue weighted by molar-refractivity contribution is 0.239. The third-order valence-corrected chi connectivity index (χ3v) is 8.15. The fraction of sp³-hybridized carbons (Fsp3) is 0.667. The van der Waals surface area contributed by atoms with Crippen LogP contribution in [-0.4, -0.2) is 52.8 Å². The molecule has 1 unspecified atom stereocenters. The van der Waals surface area contributed by atoms with Crippen LogP contribution in [0.1, 0.15) is 43.2 Å². The topological polar surface area (TPSA) is 80.8 Å². The zero-order valence-corrected chi connectivity index (χ0v) is 17.6. The number of hydrogen-bond donors (Lipinski definition) is 0. The number of sulfone groups is 1. The summed E-state index contributed by atoms with van der Waals surface area (Å²) >= 11 is 0. The van der Waals surface area contributed by atoms with Gasteiger partial charge < -0.3 is 4.74 Å². The quantitative estimate of drug-likeness (QED) is 0.699. The number of aryl methyl sites for hydroxylation is 2. The first-order valence-corrected chi connectivity index (χ1v) is 12.4. The van der Waals surface area contributed by atoms with Crippen LogP contribution >= 0.6 is 0 Å². The Kier molecular flexibility index (Phi) is 6.74. The zero-order chi connectivity index (χ0) is 19.5. The molecule has 1 aliphatic rings. The van der Waals surface area contributed by atoms with E-state index in [0.29, 0.717) is 41.2 Å². The van der Waals surface area contributed by atoms with E-state index < -0.39 is 19.9 Å². The number of piperidine rings is 1. The number of benzene rings is 1. The largest absolute Gasteiger partial charge is 0.497 e. The molecule has 0 amide bonds. The molecule has 6 nitrogen and oxygen atoms in total. The Morgan fingerprint density at radius 2 is 1.73 bits per heavy atom. The zero-order valence-electron chi connectivity index (χ0n) is 16.0. The van der Waals surface area contributed by atoms with Crippen LogP contribution in [0.5, 0.6) is 5.75 Å². The SMILES string of the molecule is COc1cc(C)c(S(=O)(=O)N2CCCCC2CCCS(C)(=O)=O)c(C)c1. The van der Waals surface area contributed by atoms with Crippen molar-refractivity contribution in [2.75, 3.05) is 25.7 Å². The van der Waals surface area contributed by atoms with Gasteiger partial charge in [0.05, 0.1) is 12.0 Å². The molecule has 0 N–H and O–H groups in total. The van der Waals surface area contributed by atoms with E-state index in [4.69, 9.17) is 4.74 Å². The van der Waals surface area contributed by atoms with Crippen molar-refractivity contribution >= 4 is 19.9 Å². The van der Waals surface area contributed by atoms with Gasteiger partial charge in [0, 0.05) is 24.6 Å². The highest BCUT2D eigenvalue weighted by Crippen LogP contribution is 2.33. The third kappa shape index (κ3) is 4.98. The van der Waals surface area contributed by atoms with Gasteiger partial charge in [-0.1, -0.05) is 6.42 Å². The predicted octanol–water partition coefficient (Wildman–Crippen LogP) is 2.68. The predicted molar refractivity (Wildman–Crippen MR) is 103 cm³/mol. The number of rotatable bonds is 7. The second kappa shape index (κ2) is 8.27. The van der Waals surface area contributed by atoms with Crippen molar-refractivity contribution in [2.45, 2.75) is 56.9 Å². The molecular formula is C18H29NO5S2. The summed E-state index contributed by atoms with van der Waals surface area (Å²) < 4.78 is 56.3. The average molecular weight is 404 g/mol. The van der Waals surface area contributed by atoms with E-state index in [2.05, 4.69) is 0 Å². The van der Waals surface area contributed by atoms with E-state index in [1.165, 1.54) is 6.26 Å². The van der Waals surface area contributed by atoms with Crippen molar-refractivity contribution in [2.24, 2.45) is 0 Å². The van der Waals surface area contributed by atoms with Crippen molar-refractivity contribution in [1.29, 1.82) is 0 Å². The maximum atomic E-state index is 13.4.